The van der Waals surface area contributed by atoms with Gasteiger partial charge in [0, 0.05) is 6.54 Å². The van der Waals surface area contributed by atoms with Crippen LogP contribution in [0.2, 0.25) is 0 Å². The van der Waals surface area contributed by atoms with Crippen molar-refractivity contribution in [1.29, 1.82) is 0 Å². The lowest BCUT2D eigenvalue weighted by molar-refractivity contribution is -0.0247. The zero-order chi connectivity index (χ0) is 14.8. The number of furan rings is 1. The molecule has 112 valence electrons. The van der Waals surface area contributed by atoms with Gasteiger partial charge in [-0.15, -0.1) is 0 Å². The van der Waals surface area contributed by atoms with Gasteiger partial charge in [-0.05, 0) is 37.2 Å². The number of aromatic carboxylic acids is 1. The van der Waals surface area contributed by atoms with Crippen molar-refractivity contribution in [2.75, 3.05) is 6.54 Å². The van der Waals surface area contributed by atoms with E-state index in [1.807, 2.05) is 0 Å². The number of hydrogen-bond acceptors (Lipinski definition) is 4. The van der Waals surface area contributed by atoms with E-state index in [-0.39, 0.29) is 5.56 Å². The van der Waals surface area contributed by atoms with Crippen molar-refractivity contribution in [2.24, 2.45) is 5.41 Å². The van der Waals surface area contributed by atoms with Crippen molar-refractivity contribution >= 4 is 5.97 Å². The van der Waals surface area contributed by atoms with Crippen LogP contribution in [-0.4, -0.2) is 28.3 Å². The maximum atomic E-state index is 10.7. The van der Waals surface area contributed by atoms with Crippen LogP contribution in [0.4, 0.5) is 0 Å². The van der Waals surface area contributed by atoms with Crippen molar-refractivity contribution < 1.29 is 19.4 Å². The van der Waals surface area contributed by atoms with E-state index in [0.717, 1.165) is 25.7 Å². The summed E-state index contributed by atoms with van der Waals surface area (Å²) in [6.45, 7) is 5.40. The molecule has 3 N–H and O–H groups in total. The second kappa shape index (κ2) is 5.58. The van der Waals surface area contributed by atoms with Crippen molar-refractivity contribution in [3.8, 4) is 0 Å². The highest BCUT2D eigenvalue weighted by molar-refractivity contribution is 5.87. The number of carboxylic acid groups (broad SMARTS) is 1. The maximum absolute atomic E-state index is 10.7. The predicted octanol–water partition coefficient (Wildman–Crippen LogP) is 2.40. The molecule has 0 saturated heterocycles. The highest BCUT2D eigenvalue weighted by Gasteiger charge is 2.36. The first kappa shape index (κ1) is 15.1. The summed E-state index contributed by atoms with van der Waals surface area (Å²) in [4.78, 5) is 10.7. The zero-order valence-corrected chi connectivity index (χ0v) is 12.1. The van der Waals surface area contributed by atoms with Crippen LogP contribution < -0.4 is 5.32 Å². The molecule has 0 atom stereocenters. The average Bonchev–Trinajstić information content (AvgIpc) is 2.83. The standard InChI is InChI=1S/C15H23NO4/c1-14(2)3-5-15(19,6-4-14)10-16-8-12-7-11(9-20-12)13(17)18/h7,9,16,19H,3-6,8,10H2,1-2H3,(H,17,18). The summed E-state index contributed by atoms with van der Waals surface area (Å²) in [6.07, 6.45) is 4.87. The normalized spacial score (nSPS) is 20.8. The van der Waals surface area contributed by atoms with Gasteiger partial charge in [-0.1, -0.05) is 13.8 Å². The van der Waals surface area contributed by atoms with Crippen LogP contribution in [0, 0.1) is 5.41 Å². The van der Waals surface area contributed by atoms with Crippen LogP contribution in [0.3, 0.4) is 0 Å². The molecule has 0 spiro atoms. The molecule has 0 amide bonds. The monoisotopic (exact) mass is 281 g/mol. The fourth-order valence-corrected chi connectivity index (χ4v) is 2.57. The van der Waals surface area contributed by atoms with Crippen LogP contribution in [0.25, 0.3) is 0 Å². The van der Waals surface area contributed by atoms with E-state index in [1.165, 1.54) is 12.3 Å². The lowest BCUT2D eigenvalue weighted by Crippen LogP contribution is -2.44. The molecule has 0 aromatic carbocycles. The van der Waals surface area contributed by atoms with Crippen molar-refractivity contribution in [3.63, 3.8) is 0 Å². The first-order valence-electron chi connectivity index (χ1n) is 7.04. The fourth-order valence-electron chi connectivity index (χ4n) is 2.57. The molecular formula is C15H23NO4. The average molecular weight is 281 g/mol. The third-order valence-corrected chi connectivity index (χ3v) is 4.19. The van der Waals surface area contributed by atoms with E-state index < -0.39 is 11.6 Å². The van der Waals surface area contributed by atoms with E-state index in [9.17, 15) is 9.90 Å². The molecule has 0 radical (unpaired) electrons. The quantitative estimate of drug-likeness (QED) is 0.772. The molecule has 0 aliphatic heterocycles. The molecule has 1 saturated carbocycles. The number of aliphatic hydroxyl groups is 1. The van der Waals surface area contributed by atoms with Gasteiger partial charge < -0.3 is 19.9 Å². The van der Waals surface area contributed by atoms with Gasteiger partial charge in [0.15, 0.2) is 0 Å². The lowest BCUT2D eigenvalue weighted by Gasteiger charge is -2.40. The summed E-state index contributed by atoms with van der Waals surface area (Å²) in [6, 6.07) is 1.50. The highest BCUT2D eigenvalue weighted by atomic mass is 16.4. The summed E-state index contributed by atoms with van der Waals surface area (Å²) in [7, 11) is 0. The Bertz CT molecular complexity index is 468. The summed E-state index contributed by atoms with van der Waals surface area (Å²) in [5, 5.41) is 22.4. The maximum Gasteiger partial charge on any atom is 0.338 e. The Morgan fingerprint density at radius 2 is 2.00 bits per heavy atom. The molecule has 5 heteroatoms. The van der Waals surface area contributed by atoms with Crippen LogP contribution >= 0.6 is 0 Å². The van der Waals surface area contributed by atoms with E-state index in [4.69, 9.17) is 9.52 Å². The topological polar surface area (TPSA) is 82.7 Å². The first-order valence-corrected chi connectivity index (χ1v) is 7.04. The van der Waals surface area contributed by atoms with E-state index in [2.05, 4.69) is 19.2 Å². The molecule has 1 fully saturated rings. The highest BCUT2D eigenvalue weighted by Crippen LogP contribution is 2.39. The second-order valence-corrected chi connectivity index (χ2v) is 6.60. The Labute approximate surface area is 119 Å². The first-order chi connectivity index (χ1) is 9.30. The molecule has 1 aromatic rings. The van der Waals surface area contributed by atoms with E-state index in [1.54, 1.807) is 0 Å². The van der Waals surface area contributed by atoms with Crippen LogP contribution in [0.15, 0.2) is 16.7 Å². The fraction of sp³-hybridized carbons (Fsp3) is 0.667. The second-order valence-electron chi connectivity index (χ2n) is 6.60. The Morgan fingerprint density at radius 1 is 1.35 bits per heavy atom. The Balaban J connectivity index is 1.79. The Morgan fingerprint density at radius 3 is 2.55 bits per heavy atom. The number of carbonyl (C=O) groups is 1. The molecule has 20 heavy (non-hydrogen) atoms. The molecule has 1 aliphatic carbocycles. The third-order valence-electron chi connectivity index (χ3n) is 4.19. The van der Waals surface area contributed by atoms with Gasteiger partial charge in [-0.25, -0.2) is 4.79 Å². The zero-order valence-electron chi connectivity index (χ0n) is 12.1. The molecule has 0 bridgehead atoms. The summed E-state index contributed by atoms with van der Waals surface area (Å²) < 4.78 is 5.16. The van der Waals surface area contributed by atoms with Gasteiger partial charge in [-0.2, -0.15) is 0 Å². The van der Waals surface area contributed by atoms with Crippen LogP contribution in [0.5, 0.6) is 0 Å². The summed E-state index contributed by atoms with van der Waals surface area (Å²) in [5.74, 6) is -0.421. The minimum absolute atomic E-state index is 0.153. The number of rotatable bonds is 5. The minimum Gasteiger partial charge on any atom is -0.478 e. The molecular weight excluding hydrogens is 258 g/mol. The SMILES string of the molecule is CC1(C)CCC(O)(CNCc2cc(C(=O)O)co2)CC1. The Kier molecular flexibility index (Phi) is 4.20. The molecule has 5 nitrogen and oxygen atoms in total. The molecule has 0 unspecified atom stereocenters. The predicted molar refractivity (Wildman–Crippen MR) is 74.6 cm³/mol. The lowest BCUT2D eigenvalue weighted by atomic mass is 9.71. The van der Waals surface area contributed by atoms with Crippen LogP contribution in [0.1, 0.15) is 55.6 Å². The van der Waals surface area contributed by atoms with Gasteiger partial charge in [0.2, 0.25) is 0 Å². The van der Waals surface area contributed by atoms with Crippen molar-refractivity contribution in [1.82, 2.24) is 5.32 Å². The van der Waals surface area contributed by atoms with Gasteiger partial charge in [0.05, 0.1) is 17.7 Å². The number of nitrogens with one attached hydrogen (secondary N) is 1. The van der Waals surface area contributed by atoms with Gasteiger partial charge in [0.1, 0.15) is 12.0 Å². The smallest absolute Gasteiger partial charge is 0.338 e. The van der Waals surface area contributed by atoms with E-state index in [0.29, 0.717) is 24.3 Å². The molecule has 1 aliphatic rings. The number of hydrogen-bond donors (Lipinski definition) is 3. The van der Waals surface area contributed by atoms with Gasteiger partial charge in [0.25, 0.3) is 0 Å². The summed E-state index contributed by atoms with van der Waals surface area (Å²) in [5.41, 5.74) is -0.179. The van der Waals surface area contributed by atoms with Crippen molar-refractivity contribution in [2.45, 2.75) is 51.7 Å². The minimum atomic E-state index is -0.992. The van der Waals surface area contributed by atoms with Gasteiger partial charge in [-0.3, -0.25) is 0 Å². The molecule has 1 aromatic heterocycles. The molecule has 1 heterocycles. The van der Waals surface area contributed by atoms with Gasteiger partial charge >= 0.3 is 5.97 Å². The molecule has 2 rings (SSSR count). The summed E-state index contributed by atoms with van der Waals surface area (Å²) >= 11 is 0. The van der Waals surface area contributed by atoms with Crippen molar-refractivity contribution in [3.05, 3.63) is 23.7 Å². The largest absolute Gasteiger partial charge is 0.478 e. The van der Waals surface area contributed by atoms with Crippen LogP contribution in [-0.2, 0) is 6.54 Å². The Hall–Kier alpha value is -1.33. The van der Waals surface area contributed by atoms with E-state index >= 15 is 0 Å². The third kappa shape index (κ3) is 3.84. The number of carboxylic acids is 1.